The minimum Gasteiger partial charge on any atom is -0.395 e. The van der Waals surface area contributed by atoms with Gasteiger partial charge >= 0.3 is 6.29 Å². The summed E-state index contributed by atoms with van der Waals surface area (Å²) in [4.78, 5) is 0. The Morgan fingerprint density at radius 2 is 1.48 bits per heavy atom. The molecule has 29 heavy (non-hydrogen) atoms. The van der Waals surface area contributed by atoms with E-state index in [0.717, 1.165) is 31.1 Å². The first kappa shape index (κ1) is 24.7. The van der Waals surface area contributed by atoms with Gasteiger partial charge in [-0.2, -0.15) is 0 Å². The number of rotatable bonds is 0. The summed E-state index contributed by atoms with van der Waals surface area (Å²) in [5, 5.41) is 0. The summed E-state index contributed by atoms with van der Waals surface area (Å²) in [5.41, 5.74) is 2.97. The predicted octanol–water partition coefficient (Wildman–Crippen LogP) is 6.51. The second-order valence-corrected chi connectivity index (χ2v) is 5.81. The lowest BCUT2D eigenvalue weighted by Crippen LogP contribution is -2.25. The summed E-state index contributed by atoms with van der Waals surface area (Å²) in [6, 6.07) is 9.57. The molecule has 8 heteroatoms. The first-order chi connectivity index (χ1) is 13.7. The number of ether oxygens (including phenoxy) is 3. The van der Waals surface area contributed by atoms with E-state index in [0.29, 0.717) is 6.61 Å². The van der Waals surface area contributed by atoms with Crippen molar-refractivity contribution in [3.63, 3.8) is 0 Å². The number of hydrogen-bond donors (Lipinski definition) is 0. The molecular formula is C21H25F5O3. The van der Waals surface area contributed by atoms with Crippen LogP contribution in [0.2, 0.25) is 0 Å². The van der Waals surface area contributed by atoms with E-state index < -0.39 is 12.7 Å². The topological polar surface area (TPSA) is 27.7 Å². The van der Waals surface area contributed by atoms with Crippen LogP contribution in [0, 0.1) is 12.7 Å². The molecule has 0 aromatic heterocycles. The van der Waals surface area contributed by atoms with Crippen molar-refractivity contribution in [1.82, 2.24) is 0 Å². The average Bonchev–Trinajstić information content (AvgIpc) is 2.98. The van der Waals surface area contributed by atoms with Crippen molar-refractivity contribution in [1.29, 1.82) is 0 Å². The van der Waals surface area contributed by atoms with Gasteiger partial charge in [-0.1, -0.05) is 32.0 Å². The van der Waals surface area contributed by atoms with Crippen molar-refractivity contribution < 1.29 is 36.2 Å². The van der Waals surface area contributed by atoms with E-state index in [9.17, 15) is 22.0 Å². The molecule has 2 aliphatic heterocycles. The van der Waals surface area contributed by atoms with Crippen LogP contribution >= 0.6 is 0 Å². The van der Waals surface area contributed by atoms with Gasteiger partial charge in [-0.05, 0) is 55.2 Å². The van der Waals surface area contributed by atoms with Crippen molar-refractivity contribution in [2.75, 3.05) is 6.61 Å². The Balaban J connectivity index is 0.000000230. The molecule has 0 unspecified atom stereocenters. The maximum Gasteiger partial charge on any atom is 0.586 e. The van der Waals surface area contributed by atoms with Crippen LogP contribution in [0.4, 0.5) is 22.0 Å². The standard InChI is InChI=1S/C10H11FO.C7H4F2O2.C2H4F2.C2H6/c1-7-4-8-2-3-12-6-9(8)5-10(7)11;8-7(9)10-5-3-1-2-4-6(5)11-7;1-2(3)4;1-2/h4-5H,2-3,6H2,1H3;1-4H;2H,1H3;1-2H3. The van der Waals surface area contributed by atoms with Crippen molar-refractivity contribution in [2.45, 2.75) is 53.4 Å². The van der Waals surface area contributed by atoms with Crippen LogP contribution in [-0.4, -0.2) is 19.3 Å². The van der Waals surface area contributed by atoms with E-state index in [1.807, 2.05) is 19.9 Å². The highest BCUT2D eigenvalue weighted by atomic mass is 19.3. The zero-order chi connectivity index (χ0) is 22.0. The molecule has 2 aromatic rings. The van der Waals surface area contributed by atoms with E-state index in [-0.39, 0.29) is 17.3 Å². The fraction of sp³-hybridized carbons (Fsp3) is 0.429. The Hall–Kier alpha value is -2.35. The fourth-order valence-electron chi connectivity index (χ4n) is 2.41. The quantitative estimate of drug-likeness (QED) is 0.455. The number of aryl methyl sites for hydroxylation is 1. The number of fused-ring (bicyclic) bond motifs is 2. The van der Waals surface area contributed by atoms with Crippen LogP contribution in [0.15, 0.2) is 36.4 Å². The van der Waals surface area contributed by atoms with Gasteiger partial charge in [0.15, 0.2) is 11.5 Å². The number of halogens is 5. The maximum absolute atomic E-state index is 13.1. The fourth-order valence-corrected chi connectivity index (χ4v) is 2.41. The summed E-state index contributed by atoms with van der Waals surface area (Å²) in [6.07, 6.45) is -4.75. The Kier molecular flexibility index (Phi) is 9.88. The Bertz CT molecular complexity index is 705. The van der Waals surface area contributed by atoms with E-state index in [2.05, 4.69) is 9.47 Å². The van der Waals surface area contributed by atoms with E-state index >= 15 is 0 Å². The van der Waals surface area contributed by atoms with Crippen molar-refractivity contribution in [3.8, 4) is 11.5 Å². The number of alkyl halides is 4. The Labute approximate surface area is 167 Å². The van der Waals surface area contributed by atoms with Gasteiger partial charge in [0.25, 0.3) is 0 Å². The zero-order valence-corrected chi connectivity index (χ0v) is 16.8. The lowest BCUT2D eigenvalue weighted by Gasteiger charge is -2.16. The first-order valence-electron chi connectivity index (χ1n) is 9.16. The molecule has 0 spiro atoms. The molecule has 0 radical (unpaired) electrons. The van der Waals surface area contributed by atoms with Crippen LogP contribution in [0.1, 0.15) is 37.5 Å². The second-order valence-electron chi connectivity index (χ2n) is 5.81. The summed E-state index contributed by atoms with van der Waals surface area (Å²) < 4.78 is 71.8. The molecule has 162 valence electrons. The van der Waals surface area contributed by atoms with Gasteiger partial charge < -0.3 is 14.2 Å². The molecule has 0 saturated carbocycles. The summed E-state index contributed by atoms with van der Waals surface area (Å²) in [6.45, 7) is 7.95. The molecule has 0 atom stereocenters. The molecule has 2 aromatic carbocycles. The third kappa shape index (κ3) is 8.27. The van der Waals surface area contributed by atoms with Crippen molar-refractivity contribution >= 4 is 0 Å². The number of para-hydroxylation sites is 2. The second kappa shape index (κ2) is 11.6. The van der Waals surface area contributed by atoms with Crippen LogP contribution in [-0.2, 0) is 17.8 Å². The van der Waals surface area contributed by atoms with E-state index in [1.165, 1.54) is 17.7 Å². The SMILES string of the molecule is CC.CC(F)F.Cc1cc2c(cc1F)COCC2.FC1(F)Oc2ccccc2O1. The molecule has 3 nitrogen and oxygen atoms in total. The molecule has 2 heterocycles. The summed E-state index contributed by atoms with van der Waals surface area (Å²) in [7, 11) is 0. The van der Waals surface area contributed by atoms with Crippen LogP contribution in [0.25, 0.3) is 0 Å². The van der Waals surface area contributed by atoms with Crippen LogP contribution in [0.3, 0.4) is 0 Å². The molecule has 0 fully saturated rings. The Morgan fingerprint density at radius 1 is 0.966 bits per heavy atom. The third-order valence-corrected chi connectivity index (χ3v) is 3.56. The van der Waals surface area contributed by atoms with Crippen LogP contribution < -0.4 is 9.47 Å². The molecule has 0 N–H and O–H groups in total. The van der Waals surface area contributed by atoms with Crippen LogP contribution in [0.5, 0.6) is 11.5 Å². The zero-order valence-electron chi connectivity index (χ0n) is 16.8. The normalized spacial score (nSPS) is 15.0. The number of benzene rings is 2. The largest absolute Gasteiger partial charge is 0.586 e. The molecule has 4 rings (SSSR count). The lowest BCUT2D eigenvalue weighted by atomic mass is 10.0. The van der Waals surface area contributed by atoms with Crippen molar-refractivity contribution in [2.24, 2.45) is 0 Å². The Morgan fingerprint density at radius 3 is 2.00 bits per heavy atom. The minimum atomic E-state index is -3.50. The van der Waals surface area contributed by atoms with Gasteiger partial charge in [-0.3, -0.25) is 0 Å². The third-order valence-electron chi connectivity index (χ3n) is 3.56. The van der Waals surface area contributed by atoms with Gasteiger partial charge in [-0.25, -0.2) is 13.2 Å². The highest BCUT2D eigenvalue weighted by Crippen LogP contribution is 2.40. The predicted molar refractivity (Wildman–Crippen MR) is 100 cm³/mol. The van der Waals surface area contributed by atoms with Gasteiger partial charge in [0.1, 0.15) is 5.82 Å². The maximum atomic E-state index is 13.1. The van der Waals surface area contributed by atoms with Gasteiger partial charge in [0.2, 0.25) is 6.43 Å². The van der Waals surface area contributed by atoms with E-state index in [4.69, 9.17) is 4.74 Å². The van der Waals surface area contributed by atoms with Gasteiger partial charge in [-0.15, -0.1) is 8.78 Å². The molecule has 0 aliphatic carbocycles. The summed E-state index contributed by atoms with van der Waals surface area (Å²) in [5.74, 6) is 0.0363. The summed E-state index contributed by atoms with van der Waals surface area (Å²) >= 11 is 0. The molecule has 0 saturated heterocycles. The molecule has 2 aliphatic rings. The number of hydrogen-bond acceptors (Lipinski definition) is 3. The lowest BCUT2D eigenvalue weighted by molar-refractivity contribution is -0.286. The smallest absolute Gasteiger partial charge is 0.395 e. The monoisotopic (exact) mass is 420 g/mol. The molecule has 0 bridgehead atoms. The molecule has 0 amide bonds. The van der Waals surface area contributed by atoms with Crippen molar-refractivity contribution in [3.05, 3.63) is 58.9 Å². The first-order valence-corrected chi connectivity index (χ1v) is 9.16. The molecular weight excluding hydrogens is 395 g/mol. The highest BCUT2D eigenvalue weighted by Gasteiger charge is 2.42. The van der Waals surface area contributed by atoms with E-state index in [1.54, 1.807) is 25.1 Å². The average molecular weight is 420 g/mol. The minimum absolute atomic E-state index is 0.0810. The van der Waals surface area contributed by atoms with Gasteiger partial charge in [0.05, 0.1) is 13.2 Å². The van der Waals surface area contributed by atoms with Gasteiger partial charge in [0, 0.05) is 0 Å². The highest BCUT2D eigenvalue weighted by molar-refractivity contribution is 5.41.